The summed E-state index contributed by atoms with van der Waals surface area (Å²) in [6.07, 6.45) is 9.44. The number of carbonyl (C=O) groups is 2. The van der Waals surface area contributed by atoms with Gasteiger partial charge in [0.15, 0.2) is 0 Å². The molecular formula is C16H23O7P. The van der Waals surface area contributed by atoms with Crippen LogP contribution in [0.2, 0.25) is 0 Å². The molecule has 0 heterocycles. The van der Waals surface area contributed by atoms with Crippen LogP contribution in [0, 0.1) is 5.92 Å². The number of rotatable bonds is 6. The van der Waals surface area contributed by atoms with E-state index in [4.69, 9.17) is 14.5 Å². The summed E-state index contributed by atoms with van der Waals surface area (Å²) in [5.74, 6) is 0.437. The molecule has 0 aromatic carbocycles. The predicted molar refractivity (Wildman–Crippen MR) is 89.7 cm³/mol. The zero-order valence-corrected chi connectivity index (χ0v) is 14.9. The van der Waals surface area contributed by atoms with Gasteiger partial charge in [-0.3, -0.25) is 14.1 Å². The minimum absolute atomic E-state index is 0.0328. The van der Waals surface area contributed by atoms with Gasteiger partial charge < -0.3 is 14.5 Å². The smallest absolute Gasteiger partial charge is 0.426 e. The van der Waals surface area contributed by atoms with Gasteiger partial charge in [0.25, 0.3) is 0 Å². The number of ether oxygens (including phenoxy) is 1. The van der Waals surface area contributed by atoms with Crippen molar-refractivity contribution >= 4 is 19.6 Å². The van der Waals surface area contributed by atoms with Gasteiger partial charge in [-0.2, -0.15) is 0 Å². The second-order valence-corrected chi connectivity index (χ2v) is 6.21. The van der Waals surface area contributed by atoms with Gasteiger partial charge in [-0.1, -0.05) is 37.8 Å². The molecule has 134 valence electrons. The van der Waals surface area contributed by atoms with Gasteiger partial charge in [0, 0.05) is 18.9 Å². The fourth-order valence-electron chi connectivity index (χ4n) is 1.46. The molecule has 1 aliphatic carbocycles. The molecule has 1 atom stereocenters. The van der Waals surface area contributed by atoms with Crippen LogP contribution in [0.5, 0.6) is 0 Å². The molecule has 0 radical (unpaired) electrons. The van der Waals surface area contributed by atoms with Crippen molar-refractivity contribution in [3.8, 4) is 0 Å². The van der Waals surface area contributed by atoms with Crippen LogP contribution in [0.1, 0.15) is 27.2 Å². The van der Waals surface area contributed by atoms with E-state index >= 15 is 0 Å². The normalized spacial score (nSPS) is 16.8. The summed E-state index contributed by atoms with van der Waals surface area (Å²) >= 11 is 0. The quantitative estimate of drug-likeness (QED) is 0.555. The number of esters is 1. The summed E-state index contributed by atoms with van der Waals surface area (Å²) in [7, 11) is -4.37. The van der Waals surface area contributed by atoms with Gasteiger partial charge in [0.1, 0.15) is 11.5 Å². The molecule has 0 fully saturated rings. The van der Waals surface area contributed by atoms with Gasteiger partial charge in [-0.25, -0.2) is 4.57 Å². The number of allylic oxidation sites excluding steroid dienone is 6. The minimum atomic E-state index is -4.37. The molecule has 7 nitrogen and oxygen atoms in total. The van der Waals surface area contributed by atoms with Crippen LogP contribution in [0.4, 0.5) is 0 Å². The lowest BCUT2D eigenvalue weighted by atomic mass is 10.1. The van der Waals surface area contributed by atoms with E-state index < -0.39 is 7.82 Å². The Morgan fingerprint density at radius 1 is 1.29 bits per heavy atom. The van der Waals surface area contributed by atoms with Crippen LogP contribution in [-0.2, 0) is 23.4 Å². The van der Waals surface area contributed by atoms with E-state index in [0.717, 1.165) is 5.57 Å². The highest BCUT2D eigenvalue weighted by Gasteiger charge is 2.12. The monoisotopic (exact) mass is 358 g/mol. The van der Waals surface area contributed by atoms with E-state index in [1.54, 1.807) is 6.08 Å². The van der Waals surface area contributed by atoms with Crippen molar-refractivity contribution in [3.05, 3.63) is 48.3 Å². The fourth-order valence-corrected chi connectivity index (χ4v) is 1.79. The zero-order chi connectivity index (χ0) is 18.8. The number of phosphoric ester groups is 1. The van der Waals surface area contributed by atoms with Crippen molar-refractivity contribution in [1.82, 2.24) is 0 Å². The molecule has 2 N–H and O–H groups in total. The molecule has 1 rings (SSSR count). The summed E-state index contributed by atoms with van der Waals surface area (Å²) in [4.78, 5) is 37.2. The Bertz CT molecular complexity index is 596. The first kappa shape index (κ1) is 22.2. The predicted octanol–water partition coefficient (Wildman–Crippen LogP) is 2.83. The van der Waals surface area contributed by atoms with E-state index in [1.807, 2.05) is 24.3 Å². The van der Waals surface area contributed by atoms with Crippen LogP contribution in [0.25, 0.3) is 0 Å². The fraction of sp³-hybridized carbons (Fsp3) is 0.375. The molecule has 0 saturated heterocycles. The Labute approximate surface area is 141 Å². The molecule has 0 aromatic heterocycles. The van der Waals surface area contributed by atoms with Crippen LogP contribution in [0.15, 0.2) is 48.3 Å². The van der Waals surface area contributed by atoms with Gasteiger partial charge >= 0.3 is 13.8 Å². The molecule has 0 saturated carbocycles. The minimum Gasteiger partial charge on any atom is -0.426 e. The summed E-state index contributed by atoms with van der Waals surface area (Å²) in [5.41, 5.74) is 0.834. The lowest BCUT2D eigenvalue weighted by Gasteiger charge is -2.03. The molecule has 0 aromatic rings. The van der Waals surface area contributed by atoms with Crippen molar-refractivity contribution in [2.75, 3.05) is 6.61 Å². The van der Waals surface area contributed by atoms with Gasteiger partial charge in [-0.15, -0.1) is 0 Å². The molecule has 8 heteroatoms. The average molecular weight is 358 g/mol. The van der Waals surface area contributed by atoms with Gasteiger partial charge in [0.05, 0.1) is 6.61 Å². The molecule has 24 heavy (non-hydrogen) atoms. The van der Waals surface area contributed by atoms with Crippen LogP contribution >= 0.6 is 7.82 Å². The van der Waals surface area contributed by atoms with Crippen molar-refractivity contribution in [3.63, 3.8) is 0 Å². The Hall–Kier alpha value is -1.79. The van der Waals surface area contributed by atoms with Crippen molar-refractivity contribution in [2.45, 2.75) is 27.2 Å². The lowest BCUT2D eigenvalue weighted by molar-refractivity contribution is -0.136. The van der Waals surface area contributed by atoms with Gasteiger partial charge in [0.2, 0.25) is 0 Å². The number of Topliss-reactive ketones (excluding diaryl/α,β-unsaturated/α-hetero) is 1. The maximum atomic E-state index is 10.8. The largest absolute Gasteiger partial charge is 0.469 e. The number of phosphoric acid groups is 1. The third-order valence-electron chi connectivity index (χ3n) is 2.60. The van der Waals surface area contributed by atoms with Gasteiger partial charge in [-0.05, 0) is 18.9 Å². The number of hydrogen-bond acceptors (Lipinski definition) is 5. The van der Waals surface area contributed by atoms with Crippen LogP contribution in [0.3, 0.4) is 0 Å². The van der Waals surface area contributed by atoms with E-state index in [-0.39, 0.29) is 24.8 Å². The number of carbonyl (C=O) groups excluding carboxylic acids is 2. The first-order valence-electron chi connectivity index (χ1n) is 7.16. The Morgan fingerprint density at radius 3 is 2.33 bits per heavy atom. The summed E-state index contributed by atoms with van der Waals surface area (Å²) in [6.45, 7) is 8.22. The Morgan fingerprint density at radius 2 is 1.88 bits per heavy atom. The summed E-state index contributed by atoms with van der Waals surface area (Å²) in [6, 6.07) is 0. The van der Waals surface area contributed by atoms with Crippen LogP contribution < -0.4 is 0 Å². The van der Waals surface area contributed by atoms with E-state index in [2.05, 4.69) is 18.0 Å². The molecule has 1 unspecified atom stereocenters. The second-order valence-electron chi connectivity index (χ2n) is 4.97. The summed E-state index contributed by atoms with van der Waals surface area (Å²) in [5, 5.41) is 0. The second kappa shape index (κ2) is 10.9. The molecule has 0 spiro atoms. The first-order valence-corrected chi connectivity index (χ1v) is 8.69. The molecule has 1 aliphatic rings. The molecule has 0 bridgehead atoms. The lowest BCUT2D eigenvalue weighted by Crippen LogP contribution is -1.98. The van der Waals surface area contributed by atoms with Crippen molar-refractivity contribution in [1.29, 1.82) is 0 Å². The zero-order valence-electron chi connectivity index (χ0n) is 14.0. The topological polar surface area (TPSA) is 110 Å². The SMILES string of the molecule is C=CC1=C(OC(C)=O)C=CC(C)C=C1.CC(=O)CCOP(=O)(O)O. The number of ketones is 1. The average Bonchev–Trinajstić information content (AvgIpc) is 2.59. The third kappa shape index (κ3) is 11.7. The van der Waals surface area contributed by atoms with E-state index in [0.29, 0.717) is 11.7 Å². The third-order valence-corrected chi connectivity index (χ3v) is 3.12. The Kier molecular flexibility index (Phi) is 10.1. The summed E-state index contributed by atoms with van der Waals surface area (Å²) < 4.78 is 19.0. The van der Waals surface area contributed by atoms with Crippen molar-refractivity contribution in [2.24, 2.45) is 5.92 Å². The highest BCUT2D eigenvalue weighted by atomic mass is 31.2. The standard InChI is InChI=1S/C12H14O2.C4H9O5P/c1-4-11-7-5-9(2)6-8-12(11)14-10(3)13;1-4(5)2-3-9-10(6,7)8/h4-9H,1H2,2-3H3;2-3H2,1H3,(H2,6,7,8). The maximum Gasteiger partial charge on any atom is 0.469 e. The van der Waals surface area contributed by atoms with E-state index in [9.17, 15) is 14.2 Å². The van der Waals surface area contributed by atoms with Crippen molar-refractivity contribution < 1.29 is 33.2 Å². The highest BCUT2D eigenvalue weighted by Crippen LogP contribution is 2.35. The molecule has 0 amide bonds. The molecule has 0 aliphatic heterocycles. The maximum absolute atomic E-state index is 10.8. The molecular weight excluding hydrogens is 335 g/mol. The number of hydrogen-bond donors (Lipinski definition) is 2. The Balaban J connectivity index is 0.000000470. The van der Waals surface area contributed by atoms with E-state index in [1.165, 1.54) is 13.8 Å². The first-order chi connectivity index (χ1) is 11.0. The van der Waals surface area contributed by atoms with Crippen LogP contribution in [-0.4, -0.2) is 28.1 Å². The highest BCUT2D eigenvalue weighted by molar-refractivity contribution is 7.46.